The average Bonchev–Trinajstić information content (AvgIpc) is 2.79. The first kappa shape index (κ1) is 21.9. The zero-order valence-electron chi connectivity index (χ0n) is 18.2. The molecule has 0 atom stereocenters. The number of methoxy groups -OCH3 is 2. The summed E-state index contributed by atoms with van der Waals surface area (Å²) in [5, 5.41) is 6.83. The van der Waals surface area contributed by atoms with Crippen molar-refractivity contribution in [2.45, 2.75) is 37.5 Å². The number of nitrogens with zero attached hydrogens (tertiary/aromatic N) is 1. The largest absolute Gasteiger partial charge is 0.497 e. The highest BCUT2D eigenvalue weighted by atomic mass is 32.2. The lowest BCUT2D eigenvalue weighted by Crippen LogP contribution is -2.21. The highest BCUT2D eigenvalue weighted by Gasteiger charge is 2.23. The van der Waals surface area contributed by atoms with Crippen LogP contribution in [0.15, 0.2) is 46.1 Å². The van der Waals surface area contributed by atoms with Gasteiger partial charge in [-0.1, -0.05) is 12.1 Å². The van der Waals surface area contributed by atoms with Crippen LogP contribution >= 0.6 is 0 Å². The summed E-state index contributed by atoms with van der Waals surface area (Å²) >= 11 is 0. The topological polar surface area (TPSA) is 110 Å². The molecule has 1 aliphatic carbocycles. The fourth-order valence-corrected chi connectivity index (χ4v) is 5.36. The van der Waals surface area contributed by atoms with E-state index >= 15 is 0 Å². The molecule has 168 valence electrons. The quantitative estimate of drug-likeness (QED) is 0.589. The first-order chi connectivity index (χ1) is 15.3. The van der Waals surface area contributed by atoms with Crippen LogP contribution in [-0.4, -0.2) is 32.8 Å². The van der Waals surface area contributed by atoms with E-state index in [1.807, 2.05) is 6.07 Å². The zero-order valence-corrected chi connectivity index (χ0v) is 19.0. The minimum atomic E-state index is -3.95. The van der Waals surface area contributed by atoms with Gasteiger partial charge in [-0.3, -0.25) is 9.52 Å². The van der Waals surface area contributed by atoms with Crippen molar-refractivity contribution in [3.63, 3.8) is 0 Å². The molecule has 32 heavy (non-hydrogen) atoms. The molecular weight excluding hydrogens is 430 g/mol. The van der Waals surface area contributed by atoms with E-state index in [2.05, 4.69) is 14.9 Å². The summed E-state index contributed by atoms with van der Waals surface area (Å²) in [6, 6.07) is 10.1. The van der Waals surface area contributed by atoms with Gasteiger partial charge in [0.15, 0.2) is 0 Å². The Hall–Kier alpha value is -3.33. The summed E-state index contributed by atoms with van der Waals surface area (Å²) in [4.78, 5) is 12.3. The molecule has 1 aliphatic rings. The molecule has 3 aromatic rings. The summed E-state index contributed by atoms with van der Waals surface area (Å²) in [7, 11) is -0.973. The Morgan fingerprint density at radius 2 is 1.75 bits per heavy atom. The van der Waals surface area contributed by atoms with Gasteiger partial charge in [0.1, 0.15) is 11.5 Å². The monoisotopic (exact) mass is 455 g/mol. The van der Waals surface area contributed by atoms with Crippen molar-refractivity contribution in [1.29, 1.82) is 0 Å². The Kier molecular flexibility index (Phi) is 5.92. The van der Waals surface area contributed by atoms with E-state index in [1.165, 1.54) is 14.2 Å². The number of ether oxygens (including phenoxy) is 2. The summed E-state index contributed by atoms with van der Waals surface area (Å²) in [5.74, 6) is 0.873. The van der Waals surface area contributed by atoms with Gasteiger partial charge in [-0.2, -0.15) is 5.10 Å². The maximum Gasteiger partial charge on any atom is 0.267 e. The molecule has 0 saturated carbocycles. The predicted octanol–water partition coefficient (Wildman–Crippen LogP) is 3.44. The molecule has 2 aromatic carbocycles. The Morgan fingerprint density at radius 3 is 2.47 bits per heavy atom. The number of aryl methyl sites for hydroxylation is 1. The van der Waals surface area contributed by atoms with Crippen LogP contribution in [0.25, 0.3) is 11.3 Å². The van der Waals surface area contributed by atoms with Crippen LogP contribution in [0, 0.1) is 6.92 Å². The molecule has 0 unspecified atom stereocenters. The minimum Gasteiger partial charge on any atom is -0.497 e. The standard InChI is InChI=1S/C23H25N3O5S/c1-14-8-9-15(22-17-6-4-5-7-18(17)23(27)25-24-22)12-21(14)32(28,29)26-19-13-16(30-2)10-11-20(19)31-3/h8-13,26H,4-7H2,1-3H3,(H,25,27). The number of sulfonamides is 1. The van der Waals surface area contributed by atoms with Crippen LogP contribution in [0.1, 0.15) is 29.5 Å². The van der Waals surface area contributed by atoms with Crippen LogP contribution in [-0.2, 0) is 22.9 Å². The maximum atomic E-state index is 13.3. The molecule has 1 heterocycles. The Morgan fingerprint density at radius 1 is 1.00 bits per heavy atom. The molecule has 2 N–H and O–H groups in total. The van der Waals surface area contributed by atoms with Gasteiger partial charge < -0.3 is 9.47 Å². The number of benzene rings is 2. The molecule has 4 rings (SSSR count). The van der Waals surface area contributed by atoms with Gasteiger partial charge in [-0.05, 0) is 61.9 Å². The Bertz CT molecular complexity index is 1330. The molecule has 0 spiro atoms. The van der Waals surface area contributed by atoms with Gasteiger partial charge in [0.25, 0.3) is 15.6 Å². The van der Waals surface area contributed by atoms with Gasteiger partial charge in [-0.25, -0.2) is 13.5 Å². The Balaban J connectivity index is 1.78. The number of aromatic nitrogens is 2. The number of hydrogen-bond donors (Lipinski definition) is 2. The number of hydrogen-bond acceptors (Lipinski definition) is 6. The maximum absolute atomic E-state index is 13.3. The normalized spacial score (nSPS) is 13.3. The van der Waals surface area contributed by atoms with E-state index in [1.54, 1.807) is 37.3 Å². The molecule has 9 heteroatoms. The molecule has 0 fully saturated rings. The van der Waals surface area contributed by atoms with Crippen molar-refractivity contribution in [3.8, 4) is 22.8 Å². The van der Waals surface area contributed by atoms with Gasteiger partial charge in [0.2, 0.25) is 0 Å². The first-order valence-corrected chi connectivity index (χ1v) is 11.8. The van der Waals surface area contributed by atoms with E-state index in [4.69, 9.17) is 9.47 Å². The number of nitrogens with one attached hydrogen (secondary N) is 2. The van der Waals surface area contributed by atoms with Crippen LogP contribution in [0.5, 0.6) is 11.5 Å². The lowest BCUT2D eigenvalue weighted by atomic mass is 9.90. The third-order valence-electron chi connectivity index (χ3n) is 5.70. The molecule has 0 aliphatic heterocycles. The molecule has 1 aromatic heterocycles. The second kappa shape index (κ2) is 8.66. The minimum absolute atomic E-state index is 0.123. The molecule has 0 bridgehead atoms. The second-order valence-corrected chi connectivity index (χ2v) is 9.37. The van der Waals surface area contributed by atoms with Crippen LogP contribution in [0.3, 0.4) is 0 Å². The van der Waals surface area contributed by atoms with Crippen LogP contribution in [0.4, 0.5) is 5.69 Å². The van der Waals surface area contributed by atoms with E-state index < -0.39 is 10.0 Å². The molecule has 0 amide bonds. The molecule has 8 nitrogen and oxygen atoms in total. The van der Waals surface area contributed by atoms with Crippen molar-refractivity contribution < 1.29 is 17.9 Å². The number of H-pyrrole nitrogens is 1. The highest BCUT2D eigenvalue weighted by Crippen LogP contribution is 2.33. The van der Waals surface area contributed by atoms with E-state index in [-0.39, 0.29) is 16.1 Å². The van der Waals surface area contributed by atoms with E-state index in [0.717, 1.165) is 30.4 Å². The number of rotatable bonds is 6. The summed E-state index contributed by atoms with van der Waals surface area (Å²) in [5.41, 5.74) is 3.59. The molecule has 0 radical (unpaired) electrons. The van der Waals surface area contributed by atoms with Crippen molar-refractivity contribution in [2.24, 2.45) is 0 Å². The third kappa shape index (κ3) is 4.08. The van der Waals surface area contributed by atoms with Gasteiger partial charge in [-0.15, -0.1) is 0 Å². The zero-order chi connectivity index (χ0) is 22.9. The molecule has 0 saturated heterocycles. The summed E-state index contributed by atoms with van der Waals surface area (Å²) in [6.45, 7) is 1.73. The van der Waals surface area contributed by atoms with Crippen LogP contribution < -0.4 is 19.8 Å². The lowest BCUT2D eigenvalue weighted by Gasteiger charge is -2.18. The third-order valence-corrected chi connectivity index (χ3v) is 7.21. The lowest BCUT2D eigenvalue weighted by molar-refractivity contribution is 0.405. The highest BCUT2D eigenvalue weighted by molar-refractivity contribution is 7.92. The number of fused-ring (bicyclic) bond motifs is 1. The second-order valence-electron chi connectivity index (χ2n) is 7.72. The SMILES string of the molecule is COc1ccc(OC)c(NS(=O)(=O)c2cc(-c3n[nH]c(=O)c4c3CCCC4)ccc2C)c1. The van der Waals surface area contributed by atoms with Gasteiger partial charge >= 0.3 is 0 Å². The molecular formula is C23H25N3O5S. The van der Waals surface area contributed by atoms with Crippen molar-refractivity contribution in [2.75, 3.05) is 18.9 Å². The van der Waals surface area contributed by atoms with E-state index in [0.29, 0.717) is 34.7 Å². The average molecular weight is 456 g/mol. The summed E-state index contributed by atoms with van der Waals surface area (Å²) in [6.07, 6.45) is 3.38. The van der Waals surface area contributed by atoms with Crippen molar-refractivity contribution >= 4 is 15.7 Å². The first-order valence-electron chi connectivity index (χ1n) is 10.3. The van der Waals surface area contributed by atoms with Gasteiger partial charge in [0.05, 0.1) is 30.5 Å². The predicted molar refractivity (Wildman–Crippen MR) is 122 cm³/mol. The fraction of sp³-hybridized carbons (Fsp3) is 0.304. The Labute approximate surface area is 186 Å². The van der Waals surface area contributed by atoms with Crippen LogP contribution in [0.2, 0.25) is 0 Å². The fourth-order valence-electron chi connectivity index (χ4n) is 4.03. The number of anilines is 1. The van der Waals surface area contributed by atoms with Crippen molar-refractivity contribution in [1.82, 2.24) is 10.2 Å². The van der Waals surface area contributed by atoms with Crippen molar-refractivity contribution in [3.05, 3.63) is 63.4 Å². The smallest absolute Gasteiger partial charge is 0.267 e. The van der Waals surface area contributed by atoms with E-state index in [9.17, 15) is 13.2 Å². The van der Waals surface area contributed by atoms with Gasteiger partial charge in [0, 0.05) is 17.2 Å². The summed E-state index contributed by atoms with van der Waals surface area (Å²) < 4.78 is 39.8. The number of aromatic amines is 1.